The molecule has 0 unspecified atom stereocenters. The van der Waals surface area contributed by atoms with E-state index in [-0.39, 0.29) is 22.2 Å². The molecule has 0 aliphatic heterocycles. The van der Waals surface area contributed by atoms with Crippen LogP contribution < -0.4 is 10.9 Å². The predicted molar refractivity (Wildman–Crippen MR) is 106 cm³/mol. The first-order valence-corrected chi connectivity index (χ1v) is 9.30. The molecule has 0 spiro atoms. The van der Waals surface area contributed by atoms with Gasteiger partial charge in [-0.15, -0.1) is 0 Å². The number of thioether (sulfide) groups is 1. The largest absolute Gasteiger partial charge is 0.324 e. The second kappa shape index (κ2) is 8.40. The highest BCUT2D eigenvalue weighted by Crippen LogP contribution is 2.29. The van der Waals surface area contributed by atoms with Crippen LogP contribution in [0.2, 0.25) is 10.0 Å². The van der Waals surface area contributed by atoms with E-state index in [2.05, 4.69) is 15.3 Å². The Morgan fingerprint density at radius 3 is 2.65 bits per heavy atom. The number of benzene rings is 2. The molecule has 5 nitrogen and oxygen atoms in total. The number of aromatic amines is 1. The quantitative estimate of drug-likeness (QED) is 0.484. The van der Waals surface area contributed by atoms with E-state index >= 15 is 0 Å². The maximum absolute atomic E-state index is 12.1. The number of halogens is 2. The molecule has 2 N–H and O–H groups in total. The van der Waals surface area contributed by atoms with Gasteiger partial charge in [-0.2, -0.15) is 0 Å². The van der Waals surface area contributed by atoms with Crippen LogP contribution in [0.15, 0.2) is 64.5 Å². The van der Waals surface area contributed by atoms with Gasteiger partial charge in [0, 0.05) is 11.6 Å². The van der Waals surface area contributed by atoms with Crippen molar-refractivity contribution in [1.29, 1.82) is 0 Å². The second-order valence-corrected chi connectivity index (χ2v) is 6.99. The van der Waals surface area contributed by atoms with Crippen molar-refractivity contribution in [2.24, 2.45) is 0 Å². The minimum atomic E-state index is -0.285. The summed E-state index contributed by atoms with van der Waals surface area (Å²) in [6.07, 6.45) is 0. The van der Waals surface area contributed by atoms with Crippen LogP contribution in [0.1, 0.15) is 0 Å². The number of aromatic nitrogens is 2. The number of carbonyl (C=O) groups is 1. The van der Waals surface area contributed by atoms with Crippen molar-refractivity contribution < 1.29 is 4.79 Å². The molecule has 3 aromatic rings. The first kappa shape index (κ1) is 18.5. The third-order valence-corrected chi connectivity index (χ3v) is 5.05. The van der Waals surface area contributed by atoms with E-state index in [4.69, 9.17) is 23.2 Å². The van der Waals surface area contributed by atoms with Gasteiger partial charge in [0.15, 0.2) is 5.16 Å². The summed E-state index contributed by atoms with van der Waals surface area (Å²) in [6.45, 7) is 0. The Morgan fingerprint density at radius 2 is 1.88 bits per heavy atom. The average Bonchev–Trinajstić information content (AvgIpc) is 2.64. The summed E-state index contributed by atoms with van der Waals surface area (Å²) in [4.78, 5) is 31.0. The highest BCUT2D eigenvalue weighted by Gasteiger charge is 2.10. The Balaban J connectivity index is 1.70. The lowest BCUT2D eigenvalue weighted by atomic mass is 10.1. The van der Waals surface area contributed by atoms with Crippen molar-refractivity contribution in [3.63, 3.8) is 0 Å². The molecule has 0 fully saturated rings. The summed E-state index contributed by atoms with van der Waals surface area (Å²) in [5.41, 5.74) is 1.54. The van der Waals surface area contributed by atoms with E-state index < -0.39 is 0 Å². The number of anilines is 1. The fraction of sp³-hybridized carbons (Fsp3) is 0.0556. The van der Waals surface area contributed by atoms with Crippen molar-refractivity contribution in [1.82, 2.24) is 9.97 Å². The van der Waals surface area contributed by atoms with Gasteiger partial charge in [0.2, 0.25) is 5.91 Å². The number of hydrogen-bond donors (Lipinski definition) is 2. The summed E-state index contributed by atoms with van der Waals surface area (Å²) < 4.78 is 0. The second-order valence-electron chi connectivity index (χ2n) is 5.24. The van der Waals surface area contributed by atoms with E-state index in [1.807, 2.05) is 30.3 Å². The number of H-pyrrole nitrogens is 1. The molecule has 0 radical (unpaired) electrons. The number of rotatable bonds is 5. The van der Waals surface area contributed by atoms with Crippen LogP contribution in [0.5, 0.6) is 0 Å². The Morgan fingerprint density at radius 1 is 1.12 bits per heavy atom. The molecular weight excluding hydrogens is 393 g/mol. The lowest BCUT2D eigenvalue weighted by molar-refractivity contribution is -0.113. The SMILES string of the molecule is O=C(CSc1nc(-c2ccccc2)cc(=O)[nH]1)Nc1cccc(Cl)c1Cl. The summed E-state index contributed by atoms with van der Waals surface area (Å²) in [6, 6.07) is 15.8. The minimum Gasteiger partial charge on any atom is -0.324 e. The fourth-order valence-electron chi connectivity index (χ4n) is 2.18. The topological polar surface area (TPSA) is 74.8 Å². The number of carbonyl (C=O) groups excluding carboxylic acids is 1. The van der Waals surface area contributed by atoms with Crippen molar-refractivity contribution in [3.8, 4) is 11.3 Å². The van der Waals surface area contributed by atoms with Gasteiger partial charge in [-0.3, -0.25) is 9.59 Å². The van der Waals surface area contributed by atoms with Crippen LogP contribution in [0.4, 0.5) is 5.69 Å². The summed E-state index contributed by atoms with van der Waals surface area (Å²) in [7, 11) is 0. The Bertz CT molecular complexity index is 993. The van der Waals surface area contributed by atoms with Crippen LogP contribution in [-0.2, 0) is 4.79 Å². The lowest BCUT2D eigenvalue weighted by Gasteiger charge is -2.08. The normalized spacial score (nSPS) is 10.5. The minimum absolute atomic E-state index is 0.0595. The molecular formula is C18H13Cl2N3O2S. The van der Waals surface area contributed by atoms with Gasteiger partial charge in [0.25, 0.3) is 5.56 Å². The monoisotopic (exact) mass is 405 g/mol. The van der Waals surface area contributed by atoms with Crippen LogP contribution in [0.25, 0.3) is 11.3 Å². The molecule has 1 aromatic heterocycles. The van der Waals surface area contributed by atoms with Crippen molar-refractivity contribution >= 4 is 46.6 Å². The maximum Gasteiger partial charge on any atom is 0.252 e. The maximum atomic E-state index is 12.1. The molecule has 26 heavy (non-hydrogen) atoms. The van der Waals surface area contributed by atoms with Crippen molar-refractivity contribution in [2.75, 3.05) is 11.1 Å². The third-order valence-electron chi connectivity index (χ3n) is 3.36. The summed E-state index contributed by atoms with van der Waals surface area (Å²) in [5.74, 6) is -0.226. The zero-order valence-electron chi connectivity index (χ0n) is 13.3. The lowest BCUT2D eigenvalue weighted by Crippen LogP contribution is -2.15. The van der Waals surface area contributed by atoms with E-state index in [1.54, 1.807) is 18.2 Å². The molecule has 1 heterocycles. The van der Waals surface area contributed by atoms with Gasteiger partial charge in [0.1, 0.15) is 0 Å². The molecule has 8 heteroatoms. The molecule has 0 aliphatic carbocycles. The van der Waals surface area contributed by atoms with Gasteiger partial charge in [-0.05, 0) is 12.1 Å². The number of amides is 1. The molecule has 1 amide bonds. The highest BCUT2D eigenvalue weighted by molar-refractivity contribution is 7.99. The molecule has 0 saturated carbocycles. The molecule has 0 atom stereocenters. The van der Waals surface area contributed by atoms with Crippen molar-refractivity contribution in [3.05, 3.63) is 75.0 Å². The Labute approximate surface area is 163 Å². The van der Waals surface area contributed by atoms with Gasteiger partial charge in [-0.1, -0.05) is 71.4 Å². The van der Waals surface area contributed by atoms with Crippen molar-refractivity contribution in [2.45, 2.75) is 5.16 Å². The van der Waals surface area contributed by atoms with Gasteiger partial charge < -0.3 is 10.3 Å². The van der Waals surface area contributed by atoms with Crippen LogP contribution >= 0.6 is 35.0 Å². The first-order valence-electron chi connectivity index (χ1n) is 7.56. The average molecular weight is 406 g/mol. The zero-order chi connectivity index (χ0) is 18.5. The smallest absolute Gasteiger partial charge is 0.252 e. The predicted octanol–water partition coefficient (Wildman–Crippen LogP) is 4.47. The zero-order valence-corrected chi connectivity index (χ0v) is 15.7. The van der Waals surface area contributed by atoms with E-state index in [0.29, 0.717) is 21.6 Å². The standard InChI is InChI=1S/C18H13Cl2N3O2S/c19-12-7-4-8-13(17(12)20)21-16(25)10-26-18-22-14(9-15(24)23-18)11-5-2-1-3-6-11/h1-9H,10H2,(H,21,25)(H,22,23,24). The van der Waals surface area contributed by atoms with Crippen LogP contribution in [0.3, 0.4) is 0 Å². The van der Waals surface area contributed by atoms with Gasteiger partial charge in [-0.25, -0.2) is 4.98 Å². The van der Waals surface area contributed by atoms with E-state index in [9.17, 15) is 9.59 Å². The van der Waals surface area contributed by atoms with Crippen LogP contribution in [-0.4, -0.2) is 21.6 Å². The Hall–Kier alpha value is -2.28. The van der Waals surface area contributed by atoms with Crippen LogP contribution in [0, 0.1) is 0 Å². The first-order chi connectivity index (χ1) is 12.5. The Kier molecular flexibility index (Phi) is 5.98. The molecule has 0 saturated heterocycles. The third kappa shape index (κ3) is 4.66. The number of nitrogens with one attached hydrogen (secondary N) is 2. The molecule has 0 aliphatic rings. The van der Waals surface area contributed by atoms with Gasteiger partial charge in [0.05, 0.1) is 27.2 Å². The van der Waals surface area contributed by atoms with E-state index in [0.717, 1.165) is 17.3 Å². The molecule has 132 valence electrons. The molecule has 2 aromatic carbocycles. The number of hydrogen-bond acceptors (Lipinski definition) is 4. The highest BCUT2D eigenvalue weighted by atomic mass is 35.5. The fourth-order valence-corrected chi connectivity index (χ4v) is 3.20. The van der Waals surface area contributed by atoms with Gasteiger partial charge >= 0.3 is 0 Å². The van der Waals surface area contributed by atoms with E-state index in [1.165, 1.54) is 6.07 Å². The number of nitrogens with zero attached hydrogens (tertiary/aromatic N) is 1. The summed E-state index contributed by atoms with van der Waals surface area (Å²) in [5, 5.41) is 3.69. The summed E-state index contributed by atoms with van der Waals surface area (Å²) >= 11 is 13.1. The molecule has 0 bridgehead atoms. The molecule has 3 rings (SSSR count).